The minimum Gasteiger partial charge on any atom is -0.406 e. The van der Waals surface area contributed by atoms with Gasteiger partial charge in [0.2, 0.25) is 0 Å². The van der Waals surface area contributed by atoms with E-state index in [0.29, 0.717) is 12.6 Å². The summed E-state index contributed by atoms with van der Waals surface area (Å²) in [5.41, 5.74) is 0.783. The monoisotopic (exact) mass is 303 g/mol. The van der Waals surface area contributed by atoms with Crippen molar-refractivity contribution < 1.29 is 17.9 Å². The molecule has 1 aromatic carbocycles. The van der Waals surface area contributed by atoms with Crippen molar-refractivity contribution in [1.82, 2.24) is 15.5 Å². The fraction of sp³-hybridized carbons (Fsp3) is 0.571. The number of hydrogen-bond acceptors (Lipinski definition) is 4. The van der Waals surface area contributed by atoms with Gasteiger partial charge in [0.1, 0.15) is 5.75 Å². The molecule has 0 spiro atoms. The molecule has 0 atom stereocenters. The predicted octanol–water partition coefficient (Wildman–Crippen LogP) is 1.58. The van der Waals surface area contributed by atoms with E-state index in [0.717, 1.165) is 31.7 Å². The van der Waals surface area contributed by atoms with Gasteiger partial charge >= 0.3 is 6.36 Å². The normalized spacial score (nSPS) is 16.8. The number of alkyl halides is 3. The number of ether oxygens (including phenoxy) is 1. The molecule has 4 nitrogen and oxygen atoms in total. The number of rotatable bonds is 7. The molecule has 0 aromatic heterocycles. The van der Waals surface area contributed by atoms with Crippen LogP contribution in [-0.4, -0.2) is 50.5 Å². The van der Waals surface area contributed by atoms with Crippen LogP contribution in [0.5, 0.6) is 5.75 Å². The minimum atomic E-state index is -4.65. The third-order valence-corrected chi connectivity index (χ3v) is 3.36. The number of hydrogen-bond donors (Lipinski definition) is 2. The fourth-order valence-electron chi connectivity index (χ4n) is 2.27. The number of halogens is 3. The summed E-state index contributed by atoms with van der Waals surface area (Å²) in [5.74, 6) is -0.175. The van der Waals surface area contributed by atoms with Crippen LogP contribution in [0.4, 0.5) is 13.2 Å². The molecule has 2 N–H and O–H groups in total. The van der Waals surface area contributed by atoms with E-state index in [1.165, 1.54) is 12.1 Å². The lowest BCUT2D eigenvalue weighted by Gasteiger charge is -2.39. The zero-order chi connectivity index (χ0) is 15.3. The van der Waals surface area contributed by atoms with Crippen LogP contribution in [-0.2, 0) is 6.54 Å². The van der Waals surface area contributed by atoms with Gasteiger partial charge in [-0.25, -0.2) is 0 Å². The molecule has 1 aromatic rings. The van der Waals surface area contributed by atoms with Crippen LogP contribution in [0.3, 0.4) is 0 Å². The summed E-state index contributed by atoms with van der Waals surface area (Å²) in [4.78, 5) is 2.32. The van der Waals surface area contributed by atoms with Crippen molar-refractivity contribution >= 4 is 0 Å². The van der Waals surface area contributed by atoms with E-state index in [2.05, 4.69) is 20.3 Å². The molecule has 118 valence electrons. The Bertz CT molecular complexity index is 447. The summed E-state index contributed by atoms with van der Waals surface area (Å²) in [6, 6.07) is 6.47. The second kappa shape index (κ2) is 7.11. The van der Waals surface area contributed by atoms with Gasteiger partial charge in [0.05, 0.1) is 0 Å². The van der Waals surface area contributed by atoms with Gasteiger partial charge in [-0.15, -0.1) is 13.2 Å². The zero-order valence-electron chi connectivity index (χ0n) is 11.9. The lowest BCUT2D eigenvalue weighted by atomic mass is 10.1. The Morgan fingerprint density at radius 2 is 2.10 bits per heavy atom. The first-order valence-corrected chi connectivity index (χ1v) is 6.91. The Balaban J connectivity index is 1.73. The maximum Gasteiger partial charge on any atom is 0.573 e. The van der Waals surface area contributed by atoms with Gasteiger partial charge in [-0.3, -0.25) is 4.90 Å². The first-order valence-electron chi connectivity index (χ1n) is 6.91. The maximum absolute atomic E-state index is 12.1. The van der Waals surface area contributed by atoms with Crippen molar-refractivity contribution in [2.75, 3.05) is 33.2 Å². The summed E-state index contributed by atoms with van der Waals surface area (Å²) >= 11 is 0. The topological polar surface area (TPSA) is 36.5 Å². The molecular weight excluding hydrogens is 283 g/mol. The standard InChI is InChI=1S/C14H20F3N3O/c1-18-5-6-20-9-12(10-20)19-8-11-3-2-4-13(7-11)21-14(15,16)17/h2-4,7,12,18-19H,5-6,8-10H2,1H3. The molecule has 0 bridgehead atoms. The van der Waals surface area contributed by atoms with Crippen LogP contribution in [0, 0.1) is 0 Å². The smallest absolute Gasteiger partial charge is 0.406 e. The van der Waals surface area contributed by atoms with Crippen LogP contribution in [0.25, 0.3) is 0 Å². The van der Waals surface area contributed by atoms with Crippen LogP contribution >= 0.6 is 0 Å². The van der Waals surface area contributed by atoms with E-state index in [9.17, 15) is 13.2 Å². The molecule has 0 unspecified atom stereocenters. The Morgan fingerprint density at radius 1 is 1.33 bits per heavy atom. The molecule has 2 rings (SSSR count). The number of benzene rings is 1. The van der Waals surface area contributed by atoms with Crippen LogP contribution < -0.4 is 15.4 Å². The van der Waals surface area contributed by atoms with E-state index >= 15 is 0 Å². The van der Waals surface area contributed by atoms with Gasteiger partial charge in [0.25, 0.3) is 0 Å². The predicted molar refractivity (Wildman–Crippen MR) is 74.1 cm³/mol. The average molecular weight is 303 g/mol. The Kier molecular flexibility index (Phi) is 5.44. The minimum absolute atomic E-state index is 0.175. The SMILES string of the molecule is CNCCN1CC(NCc2cccc(OC(F)(F)F)c2)C1. The van der Waals surface area contributed by atoms with Gasteiger partial charge in [0.15, 0.2) is 0 Å². The van der Waals surface area contributed by atoms with Gasteiger partial charge in [-0.2, -0.15) is 0 Å². The molecule has 21 heavy (non-hydrogen) atoms. The van der Waals surface area contributed by atoms with E-state index in [-0.39, 0.29) is 5.75 Å². The largest absolute Gasteiger partial charge is 0.573 e. The summed E-state index contributed by atoms with van der Waals surface area (Å²) in [5, 5.41) is 6.43. The highest BCUT2D eigenvalue weighted by Gasteiger charge is 2.31. The van der Waals surface area contributed by atoms with Crippen LogP contribution in [0.1, 0.15) is 5.56 Å². The third-order valence-electron chi connectivity index (χ3n) is 3.36. The molecule has 1 aliphatic rings. The molecule has 1 saturated heterocycles. The van der Waals surface area contributed by atoms with Gasteiger partial charge in [-0.05, 0) is 24.7 Å². The summed E-state index contributed by atoms with van der Waals surface area (Å²) < 4.78 is 40.3. The average Bonchev–Trinajstić information content (AvgIpc) is 2.35. The van der Waals surface area contributed by atoms with Crippen molar-refractivity contribution in [1.29, 1.82) is 0 Å². The number of likely N-dealkylation sites (N-methyl/N-ethyl adjacent to an activating group) is 1. The van der Waals surface area contributed by atoms with Gasteiger partial charge in [-0.1, -0.05) is 12.1 Å². The first kappa shape index (κ1) is 16.1. The molecule has 0 radical (unpaired) electrons. The van der Waals surface area contributed by atoms with E-state index in [1.807, 2.05) is 7.05 Å². The zero-order valence-corrected chi connectivity index (χ0v) is 11.9. The molecule has 1 aliphatic heterocycles. The fourth-order valence-corrected chi connectivity index (χ4v) is 2.27. The van der Waals surface area contributed by atoms with Crippen molar-refractivity contribution in [2.24, 2.45) is 0 Å². The van der Waals surface area contributed by atoms with Crippen molar-refractivity contribution in [3.63, 3.8) is 0 Å². The molecular formula is C14H20F3N3O. The second-order valence-corrected chi connectivity index (χ2v) is 5.14. The molecule has 0 amide bonds. The summed E-state index contributed by atoms with van der Waals surface area (Å²) in [6.45, 7) is 4.47. The molecule has 0 aliphatic carbocycles. The number of likely N-dealkylation sites (tertiary alicyclic amines) is 1. The molecule has 0 saturated carbocycles. The van der Waals surface area contributed by atoms with E-state index in [1.54, 1.807) is 12.1 Å². The highest BCUT2D eigenvalue weighted by Crippen LogP contribution is 2.23. The Morgan fingerprint density at radius 3 is 2.76 bits per heavy atom. The molecule has 1 fully saturated rings. The van der Waals surface area contributed by atoms with E-state index < -0.39 is 6.36 Å². The van der Waals surface area contributed by atoms with Crippen molar-refractivity contribution in [3.05, 3.63) is 29.8 Å². The first-order chi connectivity index (χ1) is 9.96. The van der Waals surface area contributed by atoms with Gasteiger partial charge < -0.3 is 15.4 Å². The van der Waals surface area contributed by atoms with Crippen LogP contribution in [0.2, 0.25) is 0 Å². The highest BCUT2D eigenvalue weighted by atomic mass is 19.4. The number of nitrogens with one attached hydrogen (secondary N) is 2. The molecule has 7 heteroatoms. The third kappa shape index (κ3) is 5.53. The van der Waals surface area contributed by atoms with Crippen molar-refractivity contribution in [2.45, 2.75) is 18.9 Å². The van der Waals surface area contributed by atoms with Crippen LogP contribution in [0.15, 0.2) is 24.3 Å². The highest BCUT2D eigenvalue weighted by molar-refractivity contribution is 5.28. The lowest BCUT2D eigenvalue weighted by molar-refractivity contribution is -0.274. The summed E-state index contributed by atoms with van der Waals surface area (Å²) in [7, 11) is 1.92. The number of nitrogens with zero attached hydrogens (tertiary/aromatic N) is 1. The quantitative estimate of drug-likeness (QED) is 0.802. The molecule has 1 heterocycles. The lowest BCUT2D eigenvalue weighted by Crippen LogP contribution is -2.58. The van der Waals surface area contributed by atoms with E-state index in [4.69, 9.17) is 0 Å². The maximum atomic E-state index is 12.1. The van der Waals surface area contributed by atoms with Crippen molar-refractivity contribution in [3.8, 4) is 5.75 Å². The summed E-state index contributed by atoms with van der Waals surface area (Å²) in [6.07, 6.45) is -4.65. The second-order valence-electron chi connectivity index (χ2n) is 5.14. The Labute approximate surface area is 122 Å². The van der Waals surface area contributed by atoms with Gasteiger partial charge in [0, 0.05) is 38.8 Å². The Hall–Kier alpha value is -1.31.